The molecule has 2 heterocycles. The van der Waals surface area contributed by atoms with Crippen LogP contribution < -0.4 is 0 Å². The van der Waals surface area contributed by atoms with Gasteiger partial charge in [0, 0.05) is 0 Å². The highest BCUT2D eigenvalue weighted by molar-refractivity contribution is 5.61. The molecule has 0 aliphatic rings. The third kappa shape index (κ3) is 1.34. The van der Waals surface area contributed by atoms with E-state index in [1.165, 1.54) is 6.33 Å². The average Bonchev–Trinajstić information content (AvgIpc) is 2.74. The van der Waals surface area contributed by atoms with Crippen molar-refractivity contribution in [2.45, 2.75) is 0 Å². The summed E-state index contributed by atoms with van der Waals surface area (Å²) >= 11 is 0. The van der Waals surface area contributed by atoms with Crippen molar-refractivity contribution in [1.82, 2.24) is 30.7 Å². The van der Waals surface area contributed by atoms with Gasteiger partial charge in [-0.15, -0.1) is 10.2 Å². The lowest BCUT2D eigenvalue weighted by molar-refractivity contribution is 0.292. The molecular weight excluding hydrogens is 160 g/mol. The van der Waals surface area contributed by atoms with Gasteiger partial charge in [-0.2, -0.15) is 0 Å². The van der Waals surface area contributed by atoms with Crippen LogP contribution in [0.25, 0.3) is 12.2 Å². The Kier molecular flexibility index (Phi) is 1.61. The SMILES string of the molecule is C(=Cc1nnc[nH]1)c1nnon1. The number of rotatable bonds is 2. The van der Waals surface area contributed by atoms with E-state index >= 15 is 0 Å². The number of nitrogens with one attached hydrogen (secondary N) is 1. The largest absolute Gasteiger partial charge is 0.328 e. The molecule has 0 aliphatic carbocycles. The molecule has 0 atom stereocenters. The number of hydrogen-bond acceptors (Lipinski definition) is 6. The molecule has 7 nitrogen and oxygen atoms in total. The molecule has 0 fully saturated rings. The highest BCUT2D eigenvalue weighted by Gasteiger charge is 1.93. The van der Waals surface area contributed by atoms with Gasteiger partial charge >= 0.3 is 0 Å². The Morgan fingerprint density at radius 1 is 1.33 bits per heavy atom. The van der Waals surface area contributed by atoms with Crippen LogP contribution in [-0.2, 0) is 0 Å². The zero-order valence-electron chi connectivity index (χ0n) is 5.88. The lowest BCUT2D eigenvalue weighted by Crippen LogP contribution is -1.77. The molecule has 1 N–H and O–H groups in total. The second-order valence-electron chi connectivity index (χ2n) is 1.92. The fraction of sp³-hybridized carbons (Fsp3) is 0. The molecule has 2 rings (SSSR count). The quantitative estimate of drug-likeness (QED) is 0.657. The van der Waals surface area contributed by atoms with Crippen molar-refractivity contribution in [3.8, 4) is 0 Å². The van der Waals surface area contributed by atoms with Crippen LogP contribution in [0.3, 0.4) is 0 Å². The lowest BCUT2D eigenvalue weighted by atomic mass is 10.4. The smallest absolute Gasteiger partial charge is 0.219 e. The van der Waals surface area contributed by atoms with Gasteiger partial charge in [0.2, 0.25) is 5.82 Å². The van der Waals surface area contributed by atoms with Crippen LogP contribution in [0.15, 0.2) is 11.0 Å². The molecule has 0 unspecified atom stereocenters. The molecule has 0 bridgehead atoms. The maximum absolute atomic E-state index is 4.28. The van der Waals surface area contributed by atoms with E-state index in [0.29, 0.717) is 11.6 Å². The van der Waals surface area contributed by atoms with Gasteiger partial charge in [0.05, 0.1) is 5.27 Å². The fourth-order valence-electron chi connectivity index (χ4n) is 0.652. The second kappa shape index (κ2) is 2.91. The zero-order valence-corrected chi connectivity index (χ0v) is 5.88. The zero-order chi connectivity index (χ0) is 8.23. The van der Waals surface area contributed by atoms with Crippen molar-refractivity contribution in [2.24, 2.45) is 0 Å². The van der Waals surface area contributed by atoms with Crippen molar-refractivity contribution < 1.29 is 4.63 Å². The van der Waals surface area contributed by atoms with Crippen LogP contribution in [0, 0.1) is 0 Å². The predicted octanol–water partition coefficient (Wildman–Crippen LogP) is -0.247. The van der Waals surface area contributed by atoms with E-state index in [-0.39, 0.29) is 0 Å². The summed E-state index contributed by atoms with van der Waals surface area (Å²) in [4.78, 5) is 2.78. The van der Waals surface area contributed by atoms with Crippen LogP contribution in [0.5, 0.6) is 0 Å². The summed E-state index contributed by atoms with van der Waals surface area (Å²) in [7, 11) is 0. The monoisotopic (exact) mass is 164 g/mol. The van der Waals surface area contributed by atoms with Crippen LogP contribution in [-0.4, -0.2) is 30.7 Å². The highest BCUT2D eigenvalue weighted by Crippen LogP contribution is 1.95. The summed E-state index contributed by atoms with van der Waals surface area (Å²) in [5.41, 5.74) is 0. The molecule has 12 heavy (non-hydrogen) atoms. The van der Waals surface area contributed by atoms with Crippen LogP contribution in [0.2, 0.25) is 0 Å². The van der Waals surface area contributed by atoms with E-state index < -0.39 is 0 Å². The molecule has 0 radical (unpaired) electrons. The molecule has 0 amide bonds. The van der Waals surface area contributed by atoms with Gasteiger partial charge in [0.15, 0.2) is 5.82 Å². The van der Waals surface area contributed by atoms with E-state index in [9.17, 15) is 0 Å². The Morgan fingerprint density at radius 3 is 3.00 bits per heavy atom. The van der Waals surface area contributed by atoms with Crippen LogP contribution in [0.1, 0.15) is 11.6 Å². The van der Waals surface area contributed by atoms with Crippen molar-refractivity contribution in [2.75, 3.05) is 0 Å². The number of H-pyrrole nitrogens is 1. The first-order chi connectivity index (χ1) is 5.95. The van der Waals surface area contributed by atoms with Crippen molar-refractivity contribution in [1.29, 1.82) is 0 Å². The number of aromatic nitrogens is 6. The Hall–Kier alpha value is -2.05. The van der Waals surface area contributed by atoms with Gasteiger partial charge < -0.3 is 4.98 Å². The van der Waals surface area contributed by atoms with E-state index in [1.807, 2.05) is 0 Å². The molecule has 0 aromatic carbocycles. The molecule has 0 spiro atoms. The topological polar surface area (TPSA) is 93.4 Å². The molecule has 60 valence electrons. The first kappa shape index (κ1) is 6.65. The average molecular weight is 164 g/mol. The van der Waals surface area contributed by atoms with E-state index in [4.69, 9.17) is 0 Å². The number of nitrogens with zero attached hydrogens (tertiary/aromatic N) is 5. The summed E-state index contributed by atoms with van der Waals surface area (Å²) in [6.45, 7) is 0. The summed E-state index contributed by atoms with van der Waals surface area (Å²) in [5.74, 6) is 1.02. The Bertz CT molecular complexity index is 313. The molecule has 2 aromatic heterocycles. The minimum absolute atomic E-state index is 0.395. The normalized spacial score (nSPS) is 11.0. The minimum Gasteiger partial charge on any atom is -0.328 e. The van der Waals surface area contributed by atoms with Gasteiger partial charge in [0.1, 0.15) is 6.33 Å². The van der Waals surface area contributed by atoms with Gasteiger partial charge in [-0.1, -0.05) is 5.10 Å². The minimum atomic E-state index is 0.395. The van der Waals surface area contributed by atoms with Crippen molar-refractivity contribution in [3.63, 3.8) is 0 Å². The van der Waals surface area contributed by atoms with Crippen molar-refractivity contribution >= 4 is 12.2 Å². The molecule has 2 aromatic rings. The fourth-order valence-corrected chi connectivity index (χ4v) is 0.652. The van der Waals surface area contributed by atoms with E-state index in [0.717, 1.165) is 0 Å². The number of hydrogen-bond donors (Lipinski definition) is 1. The Labute approximate surface area is 66.5 Å². The van der Waals surface area contributed by atoms with Gasteiger partial charge in [-0.05, 0) is 17.3 Å². The van der Waals surface area contributed by atoms with Gasteiger partial charge in [-0.25, -0.2) is 4.63 Å². The summed E-state index contributed by atoms with van der Waals surface area (Å²) < 4.78 is 4.28. The first-order valence-electron chi connectivity index (χ1n) is 3.14. The second-order valence-corrected chi connectivity index (χ2v) is 1.92. The Balaban J connectivity index is 2.14. The van der Waals surface area contributed by atoms with Gasteiger partial charge in [-0.3, -0.25) is 0 Å². The van der Waals surface area contributed by atoms with E-state index in [2.05, 4.69) is 35.3 Å². The molecule has 0 saturated heterocycles. The summed E-state index contributed by atoms with van der Waals surface area (Å²) in [6, 6.07) is 0. The third-order valence-electron chi connectivity index (χ3n) is 1.14. The molecule has 7 heteroatoms. The molecule has 0 saturated carbocycles. The predicted molar refractivity (Wildman–Crippen MR) is 37.4 cm³/mol. The van der Waals surface area contributed by atoms with Gasteiger partial charge in [0.25, 0.3) is 0 Å². The maximum atomic E-state index is 4.28. The summed E-state index contributed by atoms with van der Waals surface area (Å²) in [5, 5.41) is 17.5. The molecular formula is C5H4N6O. The van der Waals surface area contributed by atoms with Crippen LogP contribution in [0.4, 0.5) is 0 Å². The first-order valence-corrected chi connectivity index (χ1v) is 3.14. The van der Waals surface area contributed by atoms with Crippen LogP contribution >= 0.6 is 0 Å². The Morgan fingerprint density at radius 2 is 2.33 bits per heavy atom. The number of aromatic amines is 1. The van der Waals surface area contributed by atoms with E-state index in [1.54, 1.807) is 12.2 Å². The summed E-state index contributed by atoms with van der Waals surface area (Å²) in [6.07, 6.45) is 4.75. The lowest BCUT2D eigenvalue weighted by Gasteiger charge is -1.77. The third-order valence-corrected chi connectivity index (χ3v) is 1.14. The standard InChI is InChI=1S/C5H4N6O/c1(4-6-3-7-8-4)2-5-9-11-12-10-5/h1-3H,(H,6,7,8). The van der Waals surface area contributed by atoms with Crippen molar-refractivity contribution in [3.05, 3.63) is 18.0 Å². The highest BCUT2D eigenvalue weighted by atomic mass is 16.6. The maximum Gasteiger partial charge on any atom is 0.219 e. The molecule has 0 aliphatic heterocycles.